The second-order valence-electron chi connectivity index (χ2n) is 3.97. The minimum atomic E-state index is -0.828. The van der Waals surface area contributed by atoms with Gasteiger partial charge < -0.3 is 0 Å². The Hall–Kier alpha value is -1.09. The maximum absolute atomic E-state index is 9.89. The van der Waals surface area contributed by atoms with Gasteiger partial charge in [0.05, 0.1) is 0 Å². The van der Waals surface area contributed by atoms with Crippen molar-refractivity contribution in [3.63, 3.8) is 0 Å². The molecule has 82 valence electrons. The standard InChI is InChI=1S/C12H11NO2Se/c1-6-3-9-10(13-5-6)11-8(12(14)15-9)4-7(2)16-11/h3-5,12,14H,1-2H3. The number of fused-ring (bicyclic) bond motifs is 3. The molecule has 0 aromatic carbocycles. The Morgan fingerprint density at radius 3 is 3.00 bits per heavy atom. The summed E-state index contributed by atoms with van der Waals surface area (Å²) in [5.41, 5.74) is 2.84. The van der Waals surface area contributed by atoms with Crippen molar-refractivity contribution in [1.82, 2.24) is 4.98 Å². The first-order valence-electron chi connectivity index (χ1n) is 5.07. The van der Waals surface area contributed by atoms with Crippen LogP contribution in [-0.4, -0.2) is 24.6 Å². The van der Waals surface area contributed by atoms with Crippen molar-refractivity contribution in [2.45, 2.75) is 20.1 Å². The second kappa shape index (κ2) is 3.45. The molecule has 16 heavy (non-hydrogen) atoms. The van der Waals surface area contributed by atoms with Crippen molar-refractivity contribution in [2.75, 3.05) is 0 Å². The summed E-state index contributed by atoms with van der Waals surface area (Å²) in [6, 6.07) is 3.95. The van der Waals surface area contributed by atoms with E-state index >= 15 is 0 Å². The molecule has 1 unspecified atom stereocenters. The molecule has 0 saturated heterocycles. The number of hydrogen-bond acceptors (Lipinski definition) is 3. The van der Waals surface area contributed by atoms with Crippen LogP contribution in [0.4, 0.5) is 0 Å². The Labute approximate surface area is 99.5 Å². The molecule has 4 heteroatoms. The van der Waals surface area contributed by atoms with Crippen LogP contribution in [0.2, 0.25) is 0 Å². The average molecular weight is 280 g/mol. The maximum atomic E-state index is 9.89. The van der Waals surface area contributed by atoms with E-state index in [4.69, 9.17) is 4.74 Å². The molecule has 2 aromatic rings. The summed E-state index contributed by atoms with van der Waals surface area (Å²) in [6.07, 6.45) is 1.01. The van der Waals surface area contributed by atoms with Gasteiger partial charge in [-0.1, -0.05) is 0 Å². The van der Waals surface area contributed by atoms with Crippen LogP contribution in [0.3, 0.4) is 0 Å². The molecule has 1 aliphatic heterocycles. The Morgan fingerprint density at radius 1 is 1.38 bits per heavy atom. The van der Waals surface area contributed by atoms with Gasteiger partial charge in [-0.15, -0.1) is 0 Å². The van der Waals surface area contributed by atoms with Crippen LogP contribution in [0.5, 0.6) is 5.75 Å². The van der Waals surface area contributed by atoms with Crippen molar-refractivity contribution < 1.29 is 9.84 Å². The molecule has 0 aliphatic carbocycles. The van der Waals surface area contributed by atoms with Gasteiger partial charge in [-0.3, -0.25) is 0 Å². The van der Waals surface area contributed by atoms with E-state index in [9.17, 15) is 5.11 Å². The van der Waals surface area contributed by atoms with E-state index in [1.165, 1.54) is 8.87 Å². The molecule has 0 saturated carbocycles. The summed E-state index contributed by atoms with van der Waals surface area (Å²) in [5, 5.41) is 9.89. The zero-order valence-corrected chi connectivity index (χ0v) is 10.7. The summed E-state index contributed by atoms with van der Waals surface area (Å²) < 4.78 is 7.94. The van der Waals surface area contributed by atoms with Gasteiger partial charge in [-0.2, -0.15) is 0 Å². The quantitative estimate of drug-likeness (QED) is 0.748. The monoisotopic (exact) mass is 281 g/mol. The van der Waals surface area contributed by atoms with Gasteiger partial charge >= 0.3 is 99.2 Å². The van der Waals surface area contributed by atoms with Crippen molar-refractivity contribution in [3.8, 4) is 15.9 Å². The fourth-order valence-electron chi connectivity index (χ4n) is 1.89. The van der Waals surface area contributed by atoms with E-state index < -0.39 is 6.29 Å². The van der Waals surface area contributed by atoms with Gasteiger partial charge in [0, 0.05) is 0 Å². The van der Waals surface area contributed by atoms with Crippen LogP contribution in [-0.2, 0) is 0 Å². The van der Waals surface area contributed by atoms with Crippen LogP contribution in [0.25, 0.3) is 10.1 Å². The average Bonchev–Trinajstić information content (AvgIpc) is 2.60. The summed E-state index contributed by atoms with van der Waals surface area (Å²) in [5.74, 6) is 0.705. The molecule has 3 rings (SSSR count). The van der Waals surface area contributed by atoms with Gasteiger partial charge in [-0.25, -0.2) is 0 Å². The number of hydrogen-bond donors (Lipinski definition) is 1. The van der Waals surface area contributed by atoms with Gasteiger partial charge in [0.25, 0.3) is 0 Å². The molecule has 1 aliphatic rings. The van der Waals surface area contributed by atoms with Crippen molar-refractivity contribution in [1.29, 1.82) is 0 Å². The Balaban J connectivity index is 2.27. The number of aryl methyl sites for hydroxylation is 2. The third kappa shape index (κ3) is 1.42. The predicted octanol–water partition coefficient (Wildman–Crippen LogP) is 1.81. The molecule has 3 heterocycles. The summed E-state index contributed by atoms with van der Waals surface area (Å²) in [4.78, 5) is 4.42. The van der Waals surface area contributed by atoms with Crippen molar-refractivity contribution in [2.24, 2.45) is 0 Å². The van der Waals surface area contributed by atoms with Crippen LogP contribution in [0, 0.1) is 13.8 Å². The normalized spacial score (nSPS) is 17.6. The van der Waals surface area contributed by atoms with E-state index in [1.54, 1.807) is 0 Å². The summed E-state index contributed by atoms with van der Waals surface area (Å²) in [6.45, 7) is 4.05. The van der Waals surface area contributed by atoms with E-state index in [-0.39, 0.29) is 14.5 Å². The molecule has 0 fully saturated rings. The summed E-state index contributed by atoms with van der Waals surface area (Å²) >= 11 is 0.275. The number of ether oxygens (including phenoxy) is 1. The zero-order valence-electron chi connectivity index (χ0n) is 9.02. The van der Waals surface area contributed by atoms with Crippen molar-refractivity contribution >= 4 is 14.5 Å². The molecule has 0 bridgehead atoms. The molecule has 0 radical (unpaired) electrons. The molecule has 2 aromatic heterocycles. The molecule has 3 nitrogen and oxygen atoms in total. The topological polar surface area (TPSA) is 42.4 Å². The fraction of sp³-hybridized carbons (Fsp3) is 0.250. The van der Waals surface area contributed by atoms with Crippen LogP contribution < -0.4 is 4.74 Å². The number of aromatic nitrogens is 1. The molecular weight excluding hydrogens is 269 g/mol. The fourth-order valence-corrected chi connectivity index (χ4v) is 4.06. The van der Waals surface area contributed by atoms with E-state index in [0.717, 1.165) is 16.8 Å². The van der Waals surface area contributed by atoms with Crippen LogP contribution in [0.15, 0.2) is 18.3 Å². The van der Waals surface area contributed by atoms with Gasteiger partial charge in [-0.05, 0) is 0 Å². The molecular formula is C12H11NO2Se. The second-order valence-corrected chi connectivity index (χ2v) is 6.61. The first-order valence-corrected chi connectivity index (χ1v) is 6.78. The first-order chi connectivity index (χ1) is 7.65. The number of aliphatic hydroxyl groups excluding tert-OH is 1. The van der Waals surface area contributed by atoms with Gasteiger partial charge in [0.15, 0.2) is 0 Å². The first kappa shape index (κ1) is 10.1. The zero-order chi connectivity index (χ0) is 11.3. The summed E-state index contributed by atoms with van der Waals surface area (Å²) in [7, 11) is 0. The van der Waals surface area contributed by atoms with Gasteiger partial charge in [0.2, 0.25) is 0 Å². The molecule has 0 spiro atoms. The number of pyridine rings is 1. The number of rotatable bonds is 0. The SMILES string of the molecule is Cc1cnc2c(c1)OC(O)c1cc(C)[se]c1-2. The number of aliphatic hydroxyl groups is 1. The third-order valence-corrected chi connectivity index (χ3v) is 4.84. The van der Waals surface area contributed by atoms with E-state index in [2.05, 4.69) is 11.9 Å². The molecule has 0 amide bonds. The van der Waals surface area contributed by atoms with Crippen LogP contribution >= 0.6 is 0 Å². The Morgan fingerprint density at radius 2 is 2.19 bits per heavy atom. The van der Waals surface area contributed by atoms with Crippen LogP contribution in [0.1, 0.15) is 21.9 Å². The predicted molar refractivity (Wildman–Crippen MR) is 61.7 cm³/mol. The van der Waals surface area contributed by atoms with E-state index in [1.807, 2.05) is 25.3 Å². The Bertz CT molecular complexity index is 562. The molecule has 1 N–H and O–H groups in total. The Kier molecular flexibility index (Phi) is 2.18. The number of nitrogens with zero attached hydrogens (tertiary/aromatic N) is 1. The van der Waals surface area contributed by atoms with Gasteiger partial charge in [0.1, 0.15) is 0 Å². The molecule has 1 atom stereocenters. The van der Waals surface area contributed by atoms with E-state index in [0.29, 0.717) is 5.75 Å². The minimum absolute atomic E-state index is 0.275. The third-order valence-electron chi connectivity index (χ3n) is 2.59. The van der Waals surface area contributed by atoms with Crippen molar-refractivity contribution in [3.05, 3.63) is 33.9 Å².